The third kappa shape index (κ3) is 2.34. The van der Waals surface area contributed by atoms with E-state index in [9.17, 15) is 9.59 Å². The van der Waals surface area contributed by atoms with Crippen LogP contribution in [0.25, 0.3) is 0 Å². The highest BCUT2D eigenvalue weighted by Gasteiger charge is 2.53. The number of carbonyl (C=O) groups excluding carboxylic acids is 2. The zero-order chi connectivity index (χ0) is 14.5. The van der Waals surface area contributed by atoms with E-state index in [-0.39, 0.29) is 28.8 Å². The number of hydrogen-bond donors (Lipinski definition) is 1. The molecule has 2 amide bonds. The molecule has 1 aliphatic carbocycles. The van der Waals surface area contributed by atoms with Crippen molar-refractivity contribution in [1.82, 2.24) is 10.2 Å². The minimum atomic E-state index is -0.260. The Labute approximate surface area is 125 Å². The highest BCUT2D eigenvalue weighted by molar-refractivity contribution is 8.01. The third-order valence-electron chi connectivity index (χ3n) is 5.06. The van der Waals surface area contributed by atoms with Crippen LogP contribution in [0.2, 0.25) is 0 Å². The van der Waals surface area contributed by atoms with Crippen LogP contribution in [-0.4, -0.2) is 39.4 Å². The molecule has 2 heterocycles. The molecule has 3 aliphatic rings. The van der Waals surface area contributed by atoms with E-state index in [1.807, 2.05) is 4.90 Å². The Bertz CT molecular complexity index is 451. The number of fused-ring (bicyclic) bond motifs is 1. The summed E-state index contributed by atoms with van der Waals surface area (Å²) in [6.07, 6.45) is 4.73. The Balaban J connectivity index is 1.65. The maximum atomic E-state index is 12.5. The van der Waals surface area contributed by atoms with Gasteiger partial charge in [-0.3, -0.25) is 9.59 Å². The fraction of sp³-hybridized carbons (Fsp3) is 0.867. The van der Waals surface area contributed by atoms with Crippen molar-refractivity contribution in [2.24, 2.45) is 5.41 Å². The highest BCUT2D eigenvalue weighted by Crippen LogP contribution is 2.47. The molecule has 0 radical (unpaired) electrons. The Morgan fingerprint density at radius 3 is 2.75 bits per heavy atom. The third-order valence-corrected chi connectivity index (χ3v) is 6.57. The Morgan fingerprint density at radius 2 is 2.10 bits per heavy atom. The molecule has 5 heteroatoms. The van der Waals surface area contributed by atoms with Crippen molar-refractivity contribution in [2.75, 3.05) is 5.75 Å². The molecule has 4 nitrogen and oxygen atoms in total. The second-order valence-electron chi connectivity index (χ2n) is 7.38. The summed E-state index contributed by atoms with van der Waals surface area (Å²) in [5, 5.41) is 3.18. The number of carbonyl (C=O) groups is 2. The van der Waals surface area contributed by atoms with Gasteiger partial charge in [-0.1, -0.05) is 13.8 Å². The van der Waals surface area contributed by atoms with Crippen molar-refractivity contribution >= 4 is 23.6 Å². The molecule has 20 heavy (non-hydrogen) atoms. The zero-order valence-corrected chi connectivity index (χ0v) is 13.4. The van der Waals surface area contributed by atoms with E-state index in [1.165, 1.54) is 0 Å². The van der Waals surface area contributed by atoms with Gasteiger partial charge in [-0.2, -0.15) is 0 Å². The monoisotopic (exact) mass is 296 g/mol. The lowest BCUT2D eigenvalue weighted by Gasteiger charge is -2.30. The zero-order valence-electron chi connectivity index (χ0n) is 12.6. The van der Waals surface area contributed by atoms with E-state index >= 15 is 0 Å². The average Bonchev–Trinajstić information content (AvgIpc) is 2.95. The van der Waals surface area contributed by atoms with Crippen LogP contribution >= 0.6 is 11.8 Å². The highest BCUT2D eigenvalue weighted by atomic mass is 32.2. The number of nitrogens with zero attached hydrogens (tertiary/aromatic N) is 1. The molecular weight excluding hydrogens is 272 g/mol. The van der Waals surface area contributed by atoms with Crippen LogP contribution in [0.5, 0.6) is 0 Å². The number of nitrogens with one attached hydrogen (secondary N) is 1. The molecular formula is C15H24N2O2S. The number of rotatable bonds is 2. The first-order valence-corrected chi connectivity index (χ1v) is 8.56. The van der Waals surface area contributed by atoms with Crippen LogP contribution in [0.15, 0.2) is 0 Å². The van der Waals surface area contributed by atoms with E-state index in [0.717, 1.165) is 31.4 Å². The first-order chi connectivity index (χ1) is 9.31. The molecule has 2 aliphatic heterocycles. The van der Waals surface area contributed by atoms with E-state index in [2.05, 4.69) is 26.1 Å². The van der Waals surface area contributed by atoms with Crippen molar-refractivity contribution in [2.45, 2.75) is 69.8 Å². The largest absolute Gasteiger partial charge is 0.352 e. The summed E-state index contributed by atoms with van der Waals surface area (Å²) < 4.78 is 0. The maximum Gasteiger partial charge on any atom is 0.243 e. The molecule has 0 aromatic rings. The summed E-state index contributed by atoms with van der Waals surface area (Å²) in [6, 6.07) is 0.0239. The predicted molar refractivity (Wildman–Crippen MR) is 80.3 cm³/mol. The van der Waals surface area contributed by atoms with E-state index < -0.39 is 0 Å². The van der Waals surface area contributed by atoms with Gasteiger partial charge in [-0.15, -0.1) is 11.8 Å². The summed E-state index contributed by atoms with van der Waals surface area (Å²) >= 11 is 1.76. The maximum absolute atomic E-state index is 12.5. The Hall–Kier alpha value is -0.710. The Morgan fingerprint density at radius 1 is 1.35 bits per heavy atom. The molecule has 0 aromatic heterocycles. The molecule has 0 aromatic carbocycles. The van der Waals surface area contributed by atoms with Crippen LogP contribution in [0.4, 0.5) is 0 Å². The fourth-order valence-electron chi connectivity index (χ4n) is 3.87. The predicted octanol–water partition coefficient (Wildman–Crippen LogP) is 2.14. The van der Waals surface area contributed by atoms with Gasteiger partial charge in [-0.05, 0) is 38.0 Å². The molecule has 0 bridgehead atoms. The second kappa shape index (κ2) is 4.65. The molecule has 112 valence electrons. The van der Waals surface area contributed by atoms with Crippen LogP contribution in [-0.2, 0) is 9.59 Å². The first-order valence-electron chi connectivity index (χ1n) is 7.57. The first kappa shape index (κ1) is 14.2. The molecule has 1 N–H and O–H groups in total. The van der Waals surface area contributed by atoms with Crippen LogP contribution in [0.1, 0.15) is 52.9 Å². The van der Waals surface area contributed by atoms with Gasteiger partial charge in [0.2, 0.25) is 11.8 Å². The molecule has 3 fully saturated rings. The lowest BCUT2D eigenvalue weighted by Crippen LogP contribution is -2.51. The van der Waals surface area contributed by atoms with Crippen molar-refractivity contribution < 1.29 is 9.59 Å². The molecule has 3 unspecified atom stereocenters. The van der Waals surface area contributed by atoms with Gasteiger partial charge in [-0.25, -0.2) is 0 Å². The van der Waals surface area contributed by atoms with Crippen LogP contribution in [0.3, 0.4) is 0 Å². The van der Waals surface area contributed by atoms with Crippen molar-refractivity contribution in [1.29, 1.82) is 0 Å². The van der Waals surface area contributed by atoms with Gasteiger partial charge < -0.3 is 10.2 Å². The lowest BCUT2D eigenvalue weighted by atomic mass is 9.92. The normalized spacial score (nSPS) is 39.1. The van der Waals surface area contributed by atoms with Gasteiger partial charge in [0.05, 0.1) is 4.87 Å². The summed E-state index contributed by atoms with van der Waals surface area (Å²) in [5.74, 6) is 0.938. The summed E-state index contributed by atoms with van der Waals surface area (Å²) in [4.78, 5) is 26.3. The van der Waals surface area contributed by atoms with Gasteiger partial charge in [0.25, 0.3) is 0 Å². The van der Waals surface area contributed by atoms with E-state index in [0.29, 0.717) is 11.8 Å². The molecule has 3 atom stereocenters. The Kier molecular flexibility index (Phi) is 3.31. The van der Waals surface area contributed by atoms with E-state index in [4.69, 9.17) is 0 Å². The van der Waals surface area contributed by atoms with Gasteiger partial charge in [0.1, 0.15) is 6.04 Å². The SMILES string of the molecule is CC1(C)CCC(NC(=O)C2CSC3(C)CCC(=O)N23)C1. The standard InChI is InChI=1S/C15H24N2O2S/c1-14(2)6-4-10(8-14)16-13(19)11-9-20-15(3)7-5-12(18)17(11)15/h10-11H,4-9H2,1-3H3,(H,16,19). The number of thioether (sulfide) groups is 1. The summed E-state index contributed by atoms with van der Waals surface area (Å²) in [6.45, 7) is 6.60. The second-order valence-corrected chi connectivity index (χ2v) is 8.88. The average molecular weight is 296 g/mol. The molecule has 0 spiro atoms. The summed E-state index contributed by atoms with van der Waals surface area (Å²) in [7, 11) is 0. The topological polar surface area (TPSA) is 49.4 Å². The van der Waals surface area contributed by atoms with Crippen LogP contribution < -0.4 is 5.32 Å². The van der Waals surface area contributed by atoms with Gasteiger partial charge in [0, 0.05) is 18.2 Å². The van der Waals surface area contributed by atoms with Crippen LogP contribution in [0, 0.1) is 5.41 Å². The molecule has 2 saturated heterocycles. The fourth-order valence-corrected chi connectivity index (χ4v) is 5.30. The van der Waals surface area contributed by atoms with Crippen molar-refractivity contribution in [3.05, 3.63) is 0 Å². The van der Waals surface area contributed by atoms with E-state index in [1.54, 1.807) is 11.8 Å². The quantitative estimate of drug-likeness (QED) is 0.849. The minimum Gasteiger partial charge on any atom is -0.352 e. The molecule has 1 saturated carbocycles. The van der Waals surface area contributed by atoms with Crippen molar-refractivity contribution in [3.63, 3.8) is 0 Å². The van der Waals surface area contributed by atoms with Gasteiger partial charge >= 0.3 is 0 Å². The van der Waals surface area contributed by atoms with Crippen molar-refractivity contribution in [3.8, 4) is 0 Å². The number of hydrogen-bond acceptors (Lipinski definition) is 3. The smallest absolute Gasteiger partial charge is 0.243 e. The minimum absolute atomic E-state index is 0.0548. The number of amides is 2. The van der Waals surface area contributed by atoms with Gasteiger partial charge in [0.15, 0.2) is 0 Å². The summed E-state index contributed by atoms with van der Waals surface area (Å²) in [5.41, 5.74) is 0.334. The lowest BCUT2D eigenvalue weighted by molar-refractivity contribution is -0.138. The molecule has 3 rings (SSSR count).